The van der Waals surface area contributed by atoms with E-state index >= 15 is 0 Å². The number of aliphatic hydroxyl groups is 1. The normalized spacial score (nSPS) is 13.8. The van der Waals surface area contributed by atoms with E-state index in [9.17, 15) is 9.90 Å². The summed E-state index contributed by atoms with van der Waals surface area (Å²) in [5.74, 6) is -0.161. The van der Waals surface area contributed by atoms with Crippen LogP contribution in [0.5, 0.6) is 0 Å². The molecule has 6 heteroatoms. The summed E-state index contributed by atoms with van der Waals surface area (Å²) in [6.07, 6.45) is -0.787. The van der Waals surface area contributed by atoms with Gasteiger partial charge in [0.1, 0.15) is 0 Å². The van der Waals surface area contributed by atoms with E-state index in [-0.39, 0.29) is 11.7 Å². The molecule has 0 bridgehead atoms. The van der Waals surface area contributed by atoms with Crippen molar-refractivity contribution in [3.63, 3.8) is 0 Å². The Kier molecular flexibility index (Phi) is 5.01. The molecule has 0 aliphatic carbocycles. The Morgan fingerprint density at radius 2 is 1.85 bits per heavy atom. The first-order valence-electron chi connectivity index (χ1n) is 5.97. The zero-order valence-electron chi connectivity index (χ0n) is 10.6. The van der Waals surface area contributed by atoms with Crippen molar-refractivity contribution in [2.75, 3.05) is 0 Å². The lowest BCUT2D eigenvalue weighted by molar-refractivity contribution is 0.0825. The first-order chi connectivity index (χ1) is 9.47. The number of hydrogen-bond acceptors (Lipinski definition) is 3. The molecule has 0 radical (unpaired) electrons. The van der Waals surface area contributed by atoms with Crippen molar-refractivity contribution in [3.8, 4) is 0 Å². The molecule has 1 aromatic carbocycles. The maximum absolute atomic E-state index is 11.9. The molecule has 0 fully saturated rings. The van der Waals surface area contributed by atoms with Gasteiger partial charge in [-0.15, -0.1) is 0 Å². The maximum Gasteiger partial charge on any atom is 0.287 e. The third-order valence-corrected chi connectivity index (χ3v) is 3.80. The van der Waals surface area contributed by atoms with Gasteiger partial charge in [0.05, 0.1) is 12.1 Å². The maximum atomic E-state index is 11.9. The fraction of sp³-hybridized carbons (Fsp3) is 0.214. The molecule has 2 aromatic rings. The number of halogens is 2. The molecular weight excluding hydrogens is 390 g/mol. The van der Waals surface area contributed by atoms with Crippen LogP contribution >= 0.6 is 31.9 Å². The highest BCUT2D eigenvalue weighted by atomic mass is 79.9. The molecular formula is C14H13Br2NO3. The molecule has 1 aromatic heterocycles. The number of rotatable bonds is 4. The number of aliphatic hydroxyl groups excluding tert-OH is 1. The zero-order valence-corrected chi connectivity index (χ0v) is 13.8. The molecule has 0 aliphatic rings. The molecule has 2 atom stereocenters. The van der Waals surface area contributed by atoms with Crippen LogP contribution in [0.3, 0.4) is 0 Å². The third-order valence-electron chi connectivity index (χ3n) is 2.84. The average Bonchev–Trinajstić information content (AvgIpc) is 2.85. The van der Waals surface area contributed by atoms with Crippen molar-refractivity contribution in [1.29, 1.82) is 0 Å². The minimum Gasteiger partial charge on any atom is -0.444 e. The van der Waals surface area contributed by atoms with Crippen LogP contribution in [0, 0.1) is 0 Å². The van der Waals surface area contributed by atoms with Crippen LogP contribution in [0.25, 0.3) is 0 Å². The van der Waals surface area contributed by atoms with E-state index in [1.807, 2.05) is 12.1 Å². The fourth-order valence-electron chi connectivity index (χ4n) is 1.74. The topological polar surface area (TPSA) is 62.5 Å². The first-order valence-corrected chi connectivity index (χ1v) is 7.55. The Hall–Kier alpha value is -1.11. The standard InChI is InChI=1S/C14H13Br2NO3/c1-8(13(18)9-2-4-10(15)5-3-9)17-14(19)11-6-7-12(16)20-11/h2-8,13,18H,1H3,(H,17,19)/t8-,13+/m1/s1. The number of furan rings is 1. The summed E-state index contributed by atoms with van der Waals surface area (Å²) in [5, 5.41) is 12.9. The summed E-state index contributed by atoms with van der Waals surface area (Å²) in [4.78, 5) is 11.9. The van der Waals surface area contributed by atoms with Gasteiger partial charge in [0.2, 0.25) is 0 Å². The Morgan fingerprint density at radius 3 is 2.40 bits per heavy atom. The second-order valence-electron chi connectivity index (χ2n) is 4.36. The summed E-state index contributed by atoms with van der Waals surface area (Å²) in [5.41, 5.74) is 0.738. The highest BCUT2D eigenvalue weighted by molar-refractivity contribution is 9.10. The van der Waals surface area contributed by atoms with E-state index in [1.54, 1.807) is 31.2 Å². The number of carbonyl (C=O) groups excluding carboxylic acids is 1. The van der Waals surface area contributed by atoms with Crippen molar-refractivity contribution >= 4 is 37.8 Å². The van der Waals surface area contributed by atoms with Crippen molar-refractivity contribution < 1.29 is 14.3 Å². The number of nitrogens with one attached hydrogen (secondary N) is 1. The molecule has 0 spiro atoms. The van der Waals surface area contributed by atoms with Gasteiger partial charge in [-0.25, -0.2) is 0 Å². The molecule has 20 heavy (non-hydrogen) atoms. The van der Waals surface area contributed by atoms with E-state index in [0.717, 1.165) is 10.0 Å². The smallest absolute Gasteiger partial charge is 0.287 e. The summed E-state index contributed by atoms with van der Waals surface area (Å²) < 4.78 is 6.59. The van der Waals surface area contributed by atoms with Gasteiger partial charge in [-0.1, -0.05) is 28.1 Å². The van der Waals surface area contributed by atoms with Crippen LogP contribution < -0.4 is 5.32 Å². The summed E-state index contributed by atoms with van der Waals surface area (Å²) in [7, 11) is 0. The number of carbonyl (C=O) groups is 1. The molecule has 0 saturated carbocycles. The molecule has 2 rings (SSSR count). The van der Waals surface area contributed by atoms with E-state index in [2.05, 4.69) is 37.2 Å². The van der Waals surface area contributed by atoms with Gasteiger partial charge in [0.25, 0.3) is 5.91 Å². The molecule has 106 valence electrons. The lowest BCUT2D eigenvalue weighted by atomic mass is 10.0. The quantitative estimate of drug-likeness (QED) is 0.820. The van der Waals surface area contributed by atoms with Gasteiger partial charge in [-0.3, -0.25) is 4.79 Å². The van der Waals surface area contributed by atoms with E-state index in [4.69, 9.17) is 4.42 Å². The SMILES string of the molecule is C[C@@H](NC(=O)c1ccc(Br)o1)[C@H](O)c1ccc(Br)cc1. The van der Waals surface area contributed by atoms with Gasteiger partial charge in [-0.05, 0) is 52.7 Å². The Labute approximate surface area is 133 Å². The van der Waals surface area contributed by atoms with Crippen LogP contribution in [-0.4, -0.2) is 17.1 Å². The predicted octanol–water partition coefficient (Wildman–Crippen LogP) is 3.66. The van der Waals surface area contributed by atoms with Crippen LogP contribution in [0.15, 0.2) is 50.0 Å². The van der Waals surface area contributed by atoms with Gasteiger partial charge < -0.3 is 14.8 Å². The second-order valence-corrected chi connectivity index (χ2v) is 6.06. The number of amides is 1. The summed E-state index contributed by atoms with van der Waals surface area (Å²) in [6, 6.07) is 10.1. The van der Waals surface area contributed by atoms with Crippen molar-refractivity contribution in [2.45, 2.75) is 19.1 Å². The highest BCUT2D eigenvalue weighted by Crippen LogP contribution is 2.20. The monoisotopic (exact) mass is 401 g/mol. The summed E-state index contributed by atoms with van der Waals surface area (Å²) >= 11 is 6.48. The molecule has 0 unspecified atom stereocenters. The van der Waals surface area contributed by atoms with Crippen LogP contribution in [-0.2, 0) is 0 Å². The van der Waals surface area contributed by atoms with Gasteiger partial charge in [-0.2, -0.15) is 0 Å². The Bertz CT molecular complexity index is 595. The largest absolute Gasteiger partial charge is 0.444 e. The minimum atomic E-state index is -0.787. The van der Waals surface area contributed by atoms with E-state index < -0.39 is 12.1 Å². The Balaban J connectivity index is 2.02. The molecule has 1 amide bonds. The van der Waals surface area contributed by atoms with E-state index in [0.29, 0.717) is 4.67 Å². The van der Waals surface area contributed by atoms with Gasteiger partial charge in [0.15, 0.2) is 10.4 Å². The summed E-state index contributed by atoms with van der Waals surface area (Å²) in [6.45, 7) is 1.74. The van der Waals surface area contributed by atoms with Crippen LogP contribution in [0.4, 0.5) is 0 Å². The molecule has 4 nitrogen and oxygen atoms in total. The third kappa shape index (κ3) is 3.71. The minimum absolute atomic E-state index is 0.201. The second kappa shape index (κ2) is 6.56. The average molecular weight is 403 g/mol. The molecule has 2 N–H and O–H groups in total. The van der Waals surface area contributed by atoms with Crippen LogP contribution in [0.2, 0.25) is 0 Å². The first kappa shape index (κ1) is 15.3. The fourth-order valence-corrected chi connectivity index (χ4v) is 2.31. The van der Waals surface area contributed by atoms with Gasteiger partial charge in [0, 0.05) is 4.47 Å². The Morgan fingerprint density at radius 1 is 1.20 bits per heavy atom. The van der Waals surface area contributed by atoms with Crippen molar-refractivity contribution in [1.82, 2.24) is 5.32 Å². The van der Waals surface area contributed by atoms with Crippen molar-refractivity contribution in [3.05, 3.63) is 56.9 Å². The molecule has 1 heterocycles. The van der Waals surface area contributed by atoms with Crippen LogP contribution in [0.1, 0.15) is 29.1 Å². The highest BCUT2D eigenvalue weighted by Gasteiger charge is 2.20. The van der Waals surface area contributed by atoms with E-state index in [1.165, 1.54) is 0 Å². The molecule has 0 saturated heterocycles. The number of hydrogen-bond donors (Lipinski definition) is 2. The van der Waals surface area contributed by atoms with Crippen molar-refractivity contribution in [2.24, 2.45) is 0 Å². The predicted molar refractivity (Wildman–Crippen MR) is 82.4 cm³/mol. The van der Waals surface area contributed by atoms with Gasteiger partial charge >= 0.3 is 0 Å². The molecule has 0 aliphatic heterocycles. The number of benzene rings is 1. The zero-order chi connectivity index (χ0) is 14.7. The lowest BCUT2D eigenvalue weighted by Crippen LogP contribution is -2.36. The lowest BCUT2D eigenvalue weighted by Gasteiger charge is -2.20.